The molecule has 2 aromatic carbocycles. The quantitative estimate of drug-likeness (QED) is 0.224. The second-order valence-corrected chi connectivity index (χ2v) is 13.7. The Morgan fingerprint density at radius 1 is 0.902 bits per heavy atom. The van der Waals surface area contributed by atoms with Gasteiger partial charge in [-0.3, -0.25) is 9.69 Å². The molecule has 2 fully saturated rings. The Labute approximate surface area is 300 Å². The van der Waals surface area contributed by atoms with Crippen molar-refractivity contribution in [1.29, 1.82) is 0 Å². The Morgan fingerprint density at radius 3 is 2.24 bits per heavy atom. The van der Waals surface area contributed by atoms with Gasteiger partial charge in [0.05, 0.1) is 58.6 Å². The van der Waals surface area contributed by atoms with Gasteiger partial charge in [0.1, 0.15) is 18.0 Å². The first-order valence-electron chi connectivity index (χ1n) is 18.0. The Hall–Kier alpha value is -4.00. The lowest BCUT2D eigenvalue weighted by molar-refractivity contribution is -0.176. The molecular weight excluding hydrogens is 654 g/mol. The van der Waals surface area contributed by atoms with Crippen molar-refractivity contribution >= 4 is 22.8 Å². The highest BCUT2D eigenvalue weighted by Gasteiger charge is 2.55. The average Bonchev–Trinajstić information content (AvgIpc) is 3.48. The Morgan fingerprint density at radius 2 is 1.63 bits per heavy atom. The molecule has 6 rings (SSSR count). The summed E-state index contributed by atoms with van der Waals surface area (Å²) in [6.07, 6.45) is 0.911. The van der Waals surface area contributed by atoms with Gasteiger partial charge in [-0.2, -0.15) is 0 Å². The zero-order valence-electron chi connectivity index (χ0n) is 31.2. The molecule has 1 saturated heterocycles. The van der Waals surface area contributed by atoms with Crippen LogP contribution in [0.2, 0.25) is 0 Å². The lowest BCUT2D eigenvalue weighted by atomic mass is 9.63. The normalized spacial score (nSPS) is 24.3. The Balaban J connectivity index is 1.34. The van der Waals surface area contributed by atoms with Gasteiger partial charge in [-0.15, -0.1) is 0 Å². The van der Waals surface area contributed by atoms with Crippen LogP contribution in [0.4, 0.5) is 0 Å². The highest BCUT2D eigenvalue weighted by atomic mass is 16.6. The van der Waals surface area contributed by atoms with Gasteiger partial charge < -0.3 is 42.6 Å². The largest absolute Gasteiger partial charge is 0.497 e. The molecule has 0 spiro atoms. The van der Waals surface area contributed by atoms with E-state index in [0.29, 0.717) is 23.7 Å². The molecule has 3 heterocycles. The zero-order chi connectivity index (χ0) is 36.4. The molecule has 12 heteroatoms. The molecule has 3 aliphatic rings. The van der Waals surface area contributed by atoms with E-state index in [1.807, 2.05) is 0 Å². The average molecular weight is 708 g/mol. The number of esters is 2. The molecule has 1 aliphatic carbocycles. The number of aromatic nitrogens is 1. The first-order valence-corrected chi connectivity index (χ1v) is 18.0. The third-order valence-electron chi connectivity index (χ3n) is 11.6. The molecule has 1 aromatic heterocycles. The van der Waals surface area contributed by atoms with Crippen LogP contribution in [0.1, 0.15) is 54.3 Å². The number of methoxy groups -OCH3 is 6. The minimum atomic E-state index is -0.683. The highest BCUT2D eigenvalue weighted by molar-refractivity contribution is 5.91. The Kier molecular flexibility index (Phi) is 11.3. The van der Waals surface area contributed by atoms with Crippen molar-refractivity contribution in [2.75, 3.05) is 75.4 Å². The second-order valence-electron chi connectivity index (χ2n) is 13.7. The lowest BCUT2D eigenvalue weighted by Gasteiger charge is -2.53. The monoisotopic (exact) mass is 707 g/mol. The predicted molar refractivity (Wildman–Crippen MR) is 192 cm³/mol. The second kappa shape index (κ2) is 15.7. The van der Waals surface area contributed by atoms with Crippen LogP contribution in [-0.2, 0) is 32.0 Å². The molecule has 51 heavy (non-hydrogen) atoms. The molecule has 0 unspecified atom stereocenters. The third-order valence-corrected chi connectivity index (χ3v) is 11.6. The molecule has 0 amide bonds. The maximum atomic E-state index is 13.7. The number of hydrogen-bond donors (Lipinski definition) is 0. The van der Waals surface area contributed by atoms with Gasteiger partial charge in [-0.25, -0.2) is 4.79 Å². The fourth-order valence-electron chi connectivity index (χ4n) is 9.02. The van der Waals surface area contributed by atoms with Crippen molar-refractivity contribution in [2.24, 2.45) is 17.8 Å². The number of carbonyl (C=O) groups is 2. The number of piperidine rings is 1. The summed E-state index contributed by atoms with van der Waals surface area (Å²) in [5, 5.41) is 1.27. The minimum absolute atomic E-state index is 0.0329. The summed E-state index contributed by atoms with van der Waals surface area (Å²) < 4.78 is 42.3. The molecule has 0 bridgehead atoms. The summed E-state index contributed by atoms with van der Waals surface area (Å²) in [7, 11) is 9.21. The number of nitrogens with zero attached hydrogens (tertiary/aromatic N) is 3. The number of rotatable bonds is 13. The van der Waals surface area contributed by atoms with Crippen LogP contribution in [0.3, 0.4) is 0 Å². The van der Waals surface area contributed by atoms with Crippen molar-refractivity contribution < 1.29 is 42.7 Å². The van der Waals surface area contributed by atoms with Gasteiger partial charge in [0.15, 0.2) is 11.5 Å². The molecule has 3 aromatic rings. The molecule has 12 nitrogen and oxygen atoms in total. The lowest BCUT2D eigenvalue weighted by Crippen LogP contribution is -2.58. The van der Waals surface area contributed by atoms with Crippen LogP contribution in [-0.4, -0.2) is 114 Å². The molecule has 0 radical (unpaired) electrons. The fraction of sp³-hybridized carbons (Fsp3) is 0.590. The maximum Gasteiger partial charge on any atom is 0.338 e. The van der Waals surface area contributed by atoms with Crippen LogP contribution in [0.25, 0.3) is 10.9 Å². The summed E-state index contributed by atoms with van der Waals surface area (Å²) in [6.45, 7) is 9.88. The molecule has 1 saturated carbocycles. The summed E-state index contributed by atoms with van der Waals surface area (Å²) >= 11 is 0. The molecule has 2 aliphatic heterocycles. The van der Waals surface area contributed by atoms with Gasteiger partial charge in [-0.05, 0) is 74.0 Å². The summed E-state index contributed by atoms with van der Waals surface area (Å²) in [5.41, 5.74) is 4.16. The van der Waals surface area contributed by atoms with Crippen LogP contribution < -0.4 is 18.9 Å². The standard InChI is InChI=1S/C39H53N3O9/c1-9-40(10-2)15-16-42-29-20-25(45-3)11-12-26(29)27-13-14-41-22-24-19-33(37(49-7)34(39(44)50-8)28(24)21-30(41)35(27)42)51-38(43)23-17-31(46-4)36(48-6)32(18-23)47-5/h11-12,17-18,20,24,28,30,33-34,37H,9-10,13-16,19,21-22H2,1-8H3/t24-,28+,30-,33+,34+,37+/m1/s1. The van der Waals surface area contributed by atoms with E-state index in [2.05, 4.69) is 46.4 Å². The number of benzene rings is 2. The third kappa shape index (κ3) is 6.73. The van der Waals surface area contributed by atoms with Gasteiger partial charge in [0, 0.05) is 50.4 Å². The number of ether oxygens (including phenoxy) is 7. The van der Waals surface area contributed by atoms with Crippen molar-refractivity contribution in [2.45, 2.75) is 57.9 Å². The molecule has 6 atom stereocenters. The van der Waals surface area contributed by atoms with E-state index in [-0.39, 0.29) is 29.4 Å². The zero-order valence-corrected chi connectivity index (χ0v) is 31.2. The smallest absolute Gasteiger partial charge is 0.338 e. The first kappa shape index (κ1) is 36.8. The van der Waals surface area contributed by atoms with Crippen molar-refractivity contribution in [3.8, 4) is 23.0 Å². The van der Waals surface area contributed by atoms with Crippen LogP contribution in [0, 0.1) is 17.8 Å². The fourth-order valence-corrected chi connectivity index (χ4v) is 9.02. The minimum Gasteiger partial charge on any atom is -0.497 e. The summed E-state index contributed by atoms with van der Waals surface area (Å²) in [5.74, 6) is 0.449. The van der Waals surface area contributed by atoms with E-state index in [9.17, 15) is 9.59 Å². The highest BCUT2D eigenvalue weighted by Crippen LogP contribution is 2.51. The van der Waals surface area contributed by atoms with Gasteiger partial charge >= 0.3 is 11.9 Å². The van der Waals surface area contributed by atoms with Gasteiger partial charge in [0.2, 0.25) is 5.75 Å². The summed E-state index contributed by atoms with van der Waals surface area (Å²) in [4.78, 5) is 32.5. The van der Waals surface area contributed by atoms with E-state index >= 15 is 0 Å². The van der Waals surface area contributed by atoms with Crippen molar-refractivity contribution in [3.63, 3.8) is 0 Å². The van der Waals surface area contributed by atoms with E-state index in [1.165, 1.54) is 50.6 Å². The predicted octanol–water partition coefficient (Wildman–Crippen LogP) is 4.99. The van der Waals surface area contributed by atoms with Crippen LogP contribution in [0.5, 0.6) is 23.0 Å². The number of carbonyl (C=O) groups excluding carboxylic acids is 2. The van der Waals surface area contributed by atoms with Crippen LogP contribution in [0.15, 0.2) is 30.3 Å². The molecule has 278 valence electrons. The van der Waals surface area contributed by atoms with Crippen molar-refractivity contribution in [3.05, 3.63) is 47.2 Å². The van der Waals surface area contributed by atoms with Crippen LogP contribution >= 0.6 is 0 Å². The Bertz CT molecular complexity index is 1690. The first-order chi connectivity index (χ1) is 24.7. The van der Waals surface area contributed by atoms with Gasteiger partial charge in [0.25, 0.3) is 0 Å². The molecular formula is C39H53N3O9. The van der Waals surface area contributed by atoms with E-state index in [4.69, 9.17) is 33.2 Å². The summed E-state index contributed by atoms with van der Waals surface area (Å²) in [6, 6.07) is 9.68. The topological polar surface area (TPSA) is 110 Å². The maximum absolute atomic E-state index is 13.7. The number of fused-ring (bicyclic) bond motifs is 6. The number of likely N-dealkylation sites (N-methyl/N-ethyl adjacent to an activating group) is 1. The SMILES string of the molecule is CCN(CC)CCn1c2c(c3ccc(OC)cc31)CCN1C[C@H]3C[C@H](OC(=O)c4cc(OC)c(OC)c(OC)c4)[C@H](OC)[C@@H](C(=O)OC)[C@H]3C[C@H]21. The van der Waals surface area contributed by atoms with E-state index in [0.717, 1.165) is 57.9 Å². The van der Waals surface area contributed by atoms with Gasteiger partial charge in [-0.1, -0.05) is 13.8 Å². The van der Waals surface area contributed by atoms with E-state index in [1.54, 1.807) is 26.4 Å². The van der Waals surface area contributed by atoms with Crippen molar-refractivity contribution in [1.82, 2.24) is 14.4 Å². The molecule has 0 N–H and O–H groups in total. The number of hydrogen-bond acceptors (Lipinski definition) is 11. The van der Waals surface area contributed by atoms with E-state index < -0.39 is 24.1 Å².